The third-order valence-corrected chi connectivity index (χ3v) is 3.54. The summed E-state index contributed by atoms with van der Waals surface area (Å²) >= 11 is 0. The zero-order valence-corrected chi connectivity index (χ0v) is 10.3. The predicted molar refractivity (Wildman–Crippen MR) is 70.3 cm³/mol. The van der Waals surface area contributed by atoms with Crippen molar-refractivity contribution in [1.82, 2.24) is 14.9 Å². The van der Waals surface area contributed by atoms with E-state index in [1.165, 1.54) is 17.6 Å². The first-order valence-electron chi connectivity index (χ1n) is 6.14. The van der Waals surface area contributed by atoms with Crippen LogP contribution in [0.1, 0.15) is 12.2 Å². The summed E-state index contributed by atoms with van der Waals surface area (Å²) in [4.78, 5) is 4.56. The summed E-state index contributed by atoms with van der Waals surface area (Å²) in [5, 5.41) is 6.91. The van der Waals surface area contributed by atoms with E-state index in [2.05, 4.69) is 45.4 Å². The zero-order valence-electron chi connectivity index (χ0n) is 10.3. The predicted octanol–water partition coefficient (Wildman–Crippen LogP) is 1.66. The van der Waals surface area contributed by atoms with Crippen molar-refractivity contribution in [2.75, 3.05) is 18.4 Å². The molecule has 0 bridgehead atoms. The highest BCUT2D eigenvalue weighted by molar-refractivity contribution is 5.80. The van der Waals surface area contributed by atoms with Crippen LogP contribution in [-0.2, 0) is 7.05 Å². The Hall–Kier alpha value is -1.55. The first-order chi connectivity index (χ1) is 8.24. The molecule has 2 heterocycles. The van der Waals surface area contributed by atoms with Gasteiger partial charge in [0.2, 0.25) is 0 Å². The van der Waals surface area contributed by atoms with Crippen LogP contribution in [0.5, 0.6) is 0 Å². The van der Waals surface area contributed by atoms with Crippen LogP contribution in [0.25, 0.3) is 11.0 Å². The molecule has 3 rings (SSSR count). The molecule has 2 aromatic rings. The van der Waals surface area contributed by atoms with Crippen molar-refractivity contribution >= 4 is 16.7 Å². The highest BCUT2D eigenvalue weighted by Gasteiger charge is 2.14. The molecule has 17 heavy (non-hydrogen) atoms. The lowest BCUT2D eigenvalue weighted by Crippen LogP contribution is -2.21. The summed E-state index contributed by atoms with van der Waals surface area (Å²) in [6.07, 6.45) is 1.19. The lowest BCUT2D eigenvalue weighted by molar-refractivity contribution is 0.793. The molecule has 1 aromatic heterocycles. The number of fused-ring (bicyclic) bond motifs is 1. The Kier molecular flexibility index (Phi) is 2.52. The molecular weight excluding hydrogens is 212 g/mol. The standard InChI is InChI=1S/C13H18N4/c1-9-15-12-7-10(3-4-13(12)17(9)2)16-11-5-6-14-8-11/h3-4,7,11,14,16H,5-6,8H2,1-2H3. The number of rotatable bonds is 2. The van der Waals surface area contributed by atoms with E-state index in [4.69, 9.17) is 0 Å². The van der Waals surface area contributed by atoms with Gasteiger partial charge in [0, 0.05) is 25.3 Å². The number of hydrogen-bond acceptors (Lipinski definition) is 3. The van der Waals surface area contributed by atoms with Gasteiger partial charge in [-0.15, -0.1) is 0 Å². The second-order valence-corrected chi connectivity index (χ2v) is 4.76. The highest BCUT2D eigenvalue weighted by Crippen LogP contribution is 2.20. The van der Waals surface area contributed by atoms with E-state index < -0.39 is 0 Å². The fraction of sp³-hybridized carbons (Fsp3) is 0.462. The number of nitrogens with zero attached hydrogens (tertiary/aromatic N) is 2. The van der Waals surface area contributed by atoms with Gasteiger partial charge in [-0.2, -0.15) is 0 Å². The molecule has 0 amide bonds. The van der Waals surface area contributed by atoms with Crippen LogP contribution < -0.4 is 10.6 Å². The highest BCUT2D eigenvalue weighted by atomic mass is 15.1. The molecule has 1 unspecified atom stereocenters. The molecule has 1 aliphatic rings. The minimum Gasteiger partial charge on any atom is -0.381 e. The van der Waals surface area contributed by atoms with E-state index in [0.29, 0.717) is 6.04 Å². The summed E-state index contributed by atoms with van der Waals surface area (Å²) < 4.78 is 2.12. The lowest BCUT2D eigenvalue weighted by atomic mass is 10.2. The molecule has 4 nitrogen and oxygen atoms in total. The number of aromatic nitrogens is 2. The third-order valence-electron chi connectivity index (χ3n) is 3.54. The number of anilines is 1. The van der Waals surface area contributed by atoms with Gasteiger partial charge in [-0.3, -0.25) is 0 Å². The van der Waals surface area contributed by atoms with Crippen molar-refractivity contribution in [3.8, 4) is 0 Å². The van der Waals surface area contributed by atoms with Crippen LogP contribution in [0, 0.1) is 6.92 Å². The molecule has 1 saturated heterocycles. The van der Waals surface area contributed by atoms with E-state index in [9.17, 15) is 0 Å². The van der Waals surface area contributed by atoms with E-state index >= 15 is 0 Å². The summed E-state index contributed by atoms with van der Waals surface area (Å²) in [7, 11) is 2.05. The maximum absolute atomic E-state index is 4.56. The number of benzene rings is 1. The van der Waals surface area contributed by atoms with Crippen molar-refractivity contribution in [1.29, 1.82) is 0 Å². The molecule has 90 valence electrons. The molecule has 4 heteroatoms. The Bertz CT molecular complexity index is 538. The van der Waals surface area contributed by atoms with Crippen LogP contribution in [0.2, 0.25) is 0 Å². The quantitative estimate of drug-likeness (QED) is 0.824. The fourth-order valence-corrected chi connectivity index (χ4v) is 2.42. The van der Waals surface area contributed by atoms with E-state index in [1.807, 2.05) is 6.92 Å². The van der Waals surface area contributed by atoms with Gasteiger partial charge in [0.05, 0.1) is 11.0 Å². The van der Waals surface area contributed by atoms with Crippen molar-refractivity contribution in [2.24, 2.45) is 7.05 Å². The van der Waals surface area contributed by atoms with Gasteiger partial charge in [0.15, 0.2) is 0 Å². The maximum Gasteiger partial charge on any atom is 0.106 e. The molecule has 1 fully saturated rings. The van der Waals surface area contributed by atoms with Crippen LogP contribution in [0.4, 0.5) is 5.69 Å². The van der Waals surface area contributed by atoms with Crippen molar-refractivity contribution in [3.05, 3.63) is 24.0 Å². The molecule has 2 N–H and O–H groups in total. The molecule has 0 aliphatic carbocycles. The molecule has 0 spiro atoms. The van der Waals surface area contributed by atoms with Crippen LogP contribution in [0.3, 0.4) is 0 Å². The Morgan fingerprint density at radius 2 is 2.35 bits per heavy atom. The Labute approximate surface area is 101 Å². The summed E-state index contributed by atoms with van der Waals surface area (Å²) in [5.41, 5.74) is 3.43. The van der Waals surface area contributed by atoms with Gasteiger partial charge in [-0.1, -0.05) is 0 Å². The van der Waals surface area contributed by atoms with Gasteiger partial charge < -0.3 is 15.2 Å². The smallest absolute Gasteiger partial charge is 0.106 e. The number of aryl methyl sites for hydroxylation is 2. The monoisotopic (exact) mass is 230 g/mol. The summed E-state index contributed by atoms with van der Waals surface area (Å²) in [6, 6.07) is 6.97. The number of nitrogens with one attached hydrogen (secondary N) is 2. The van der Waals surface area contributed by atoms with Crippen molar-refractivity contribution < 1.29 is 0 Å². The largest absolute Gasteiger partial charge is 0.381 e. The lowest BCUT2D eigenvalue weighted by Gasteiger charge is -2.12. The van der Waals surface area contributed by atoms with Crippen LogP contribution in [0.15, 0.2) is 18.2 Å². The molecule has 1 atom stereocenters. The van der Waals surface area contributed by atoms with Crippen LogP contribution in [-0.4, -0.2) is 28.7 Å². The average molecular weight is 230 g/mol. The minimum atomic E-state index is 0.553. The number of imidazole rings is 1. The van der Waals surface area contributed by atoms with Gasteiger partial charge in [0.25, 0.3) is 0 Å². The Morgan fingerprint density at radius 1 is 1.47 bits per heavy atom. The molecule has 0 saturated carbocycles. The van der Waals surface area contributed by atoms with E-state index in [1.54, 1.807) is 0 Å². The Morgan fingerprint density at radius 3 is 3.12 bits per heavy atom. The minimum absolute atomic E-state index is 0.553. The van der Waals surface area contributed by atoms with Crippen LogP contribution >= 0.6 is 0 Å². The van der Waals surface area contributed by atoms with Crippen molar-refractivity contribution in [2.45, 2.75) is 19.4 Å². The third kappa shape index (κ3) is 1.89. The normalized spacial score (nSPS) is 20.0. The van der Waals surface area contributed by atoms with Gasteiger partial charge in [-0.25, -0.2) is 4.98 Å². The maximum atomic E-state index is 4.56. The summed E-state index contributed by atoms with van der Waals surface area (Å²) in [6.45, 7) is 4.20. The van der Waals surface area contributed by atoms with Gasteiger partial charge in [0.1, 0.15) is 5.82 Å². The Balaban J connectivity index is 1.90. The van der Waals surface area contributed by atoms with E-state index in [0.717, 1.165) is 24.4 Å². The molecule has 1 aromatic carbocycles. The van der Waals surface area contributed by atoms with Gasteiger partial charge >= 0.3 is 0 Å². The fourth-order valence-electron chi connectivity index (χ4n) is 2.42. The molecular formula is C13H18N4. The van der Waals surface area contributed by atoms with Gasteiger partial charge in [-0.05, 0) is 38.1 Å². The topological polar surface area (TPSA) is 41.9 Å². The molecule has 1 aliphatic heterocycles. The first-order valence-corrected chi connectivity index (χ1v) is 6.14. The van der Waals surface area contributed by atoms with E-state index in [-0.39, 0.29) is 0 Å². The zero-order chi connectivity index (χ0) is 11.8. The average Bonchev–Trinajstić information content (AvgIpc) is 2.89. The SMILES string of the molecule is Cc1nc2cc(NC3CCNC3)ccc2n1C. The molecule has 0 radical (unpaired) electrons. The number of hydrogen-bond donors (Lipinski definition) is 2. The second-order valence-electron chi connectivity index (χ2n) is 4.76. The first kappa shape index (κ1) is 10.6. The van der Waals surface area contributed by atoms with Crippen molar-refractivity contribution in [3.63, 3.8) is 0 Å². The second kappa shape index (κ2) is 4.04. The summed E-state index contributed by atoms with van der Waals surface area (Å²) in [5.74, 6) is 1.06.